The SMILES string of the molecule is CCOC(=O)C(CC)Oc1c(OC)cccc1C(=O)O. The molecule has 0 saturated heterocycles. The molecule has 0 radical (unpaired) electrons. The van der Waals surface area contributed by atoms with Crippen molar-refractivity contribution in [3.63, 3.8) is 0 Å². The van der Waals surface area contributed by atoms with Crippen LogP contribution in [0, 0.1) is 0 Å². The molecule has 0 saturated carbocycles. The molecule has 1 N–H and O–H groups in total. The Hall–Kier alpha value is -2.24. The van der Waals surface area contributed by atoms with Crippen LogP contribution in [0.5, 0.6) is 11.5 Å². The zero-order valence-corrected chi connectivity index (χ0v) is 11.7. The molecule has 1 aromatic carbocycles. The Balaban J connectivity index is 3.10. The minimum absolute atomic E-state index is 0.0300. The monoisotopic (exact) mass is 282 g/mol. The average molecular weight is 282 g/mol. The quantitative estimate of drug-likeness (QED) is 0.771. The molecule has 0 aliphatic heterocycles. The molecule has 0 aromatic heterocycles. The van der Waals surface area contributed by atoms with Crippen LogP contribution in [-0.4, -0.2) is 36.9 Å². The minimum Gasteiger partial charge on any atom is -0.493 e. The van der Waals surface area contributed by atoms with Crippen LogP contribution >= 0.6 is 0 Å². The molecule has 6 nitrogen and oxygen atoms in total. The first kappa shape index (κ1) is 15.8. The number of carboxylic acids is 1. The maximum absolute atomic E-state index is 11.7. The van der Waals surface area contributed by atoms with Gasteiger partial charge in [-0.05, 0) is 25.5 Å². The van der Waals surface area contributed by atoms with E-state index in [1.54, 1.807) is 26.0 Å². The second kappa shape index (κ2) is 7.37. The fraction of sp³-hybridized carbons (Fsp3) is 0.429. The topological polar surface area (TPSA) is 82.1 Å². The highest BCUT2D eigenvalue weighted by Crippen LogP contribution is 2.32. The third kappa shape index (κ3) is 3.63. The van der Waals surface area contributed by atoms with Crippen molar-refractivity contribution >= 4 is 11.9 Å². The Kier molecular flexibility index (Phi) is 5.83. The number of methoxy groups -OCH3 is 1. The molecule has 1 unspecified atom stereocenters. The number of carbonyl (C=O) groups excluding carboxylic acids is 1. The lowest BCUT2D eigenvalue weighted by molar-refractivity contribution is -0.151. The minimum atomic E-state index is -1.15. The summed E-state index contributed by atoms with van der Waals surface area (Å²) in [5, 5.41) is 9.16. The van der Waals surface area contributed by atoms with E-state index in [1.807, 2.05) is 0 Å². The van der Waals surface area contributed by atoms with Crippen LogP contribution in [0.25, 0.3) is 0 Å². The van der Waals surface area contributed by atoms with Crippen molar-refractivity contribution in [2.45, 2.75) is 26.4 Å². The van der Waals surface area contributed by atoms with Crippen LogP contribution in [0.15, 0.2) is 18.2 Å². The number of para-hydroxylation sites is 1. The van der Waals surface area contributed by atoms with Gasteiger partial charge in [-0.1, -0.05) is 13.0 Å². The molecule has 6 heteroatoms. The Labute approximate surface area is 117 Å². The number of hydrogen-bond acceptors (Lipinski definition) is 5. The van der Waals surface area contributed by atoms with E-state index < -0.39 is 18.0 Å². The Morgan fingerprint density at radius 3 is 2.50 bits per heavy atom. The normalized spacial score (nSPS) is 11.6. The molecule has 1 atom stereocenters. The van der Waals surface area contributed by atoms with Crippen molar-refractivity contribution < 1.29 is 28.9 Å². The fourth-order valence-corrected chi connectivity index (χ4v) is 1.64. The molecule has 0 fully saturated rings. The van der Waals surface area contributed by atoms with E-state index in [1.165, 1.54) is 13.2 Å². The summed E-state index contributed by atoms with van der Waals surface area (Å²) in [6.45, 7) is 3.67. The molecule has 0 aliphatic carbocycles. The Morgan fingerprint density at radius 2 is 2.00 bits per heavy atom. The first-order valence-corrected chi connectivity index (χ1v) is 6.28. The Morgan fingerprint density at radius 1 is 1.30 bits per heavy atom. The van der Waals surface area contributed by atoms with Gasteiger partial charge in [0.15, 0.2) is 17.6 Å². The van der Waals surface area contributed by atoms with Crippen LogP contribution < -0.4 is 9.47 Å². The van der Waals surface area contributed by atoms with Crippen LogP contribution in [-0.2, 0) is 9.53 Å². The van der Waals surface area contributed by atoms with Gasteiger partial charge >= 0.3 is 11.9 Å². The van der Waals surface area contributed by atoms with E-state index in [0.29, 0.717) is 6.42 Å². The molecule has 1 rings (SSSR count). The molecule has 0 amide bonds. The zero-order valence-electron chi connectivity index (χ0n) is 11.7. The molecule has 20 heavy (non-hydrogen) atoms. The predicted molar refractivity (Wildman–Crippen MR) is 71.3 cm³/mol. The summed E-state index contributed by atoms with van der Waals surface area (Å²) in [4.78, 5) is 22.9. The van der Waals surface area contributed by atoms with Gasteiger partial charge < -0.3 is 19.3 Å². The van der Waals surface area contributed by atoms with Crippen LogP contribution in [0.2, 0.25) is 0 Å². The van der Waals surface area contributed by atoms with E-state index in [0.717, 1.165) is 0 Å². The highest BCUT2D eigenvalue weighted by Gasteiger charge is 2.25. The summed E-state index contributed by atoms with van der Waals surface area (Å²) in [5.41, 5.74) is -0.0629. The summed E-state index contributed by atoms with van der Waals surface area (Å²) in [5.74, 6) is -1.40. The number of esters is 1. The number of carboxylic acid groups (broad SMARTS) is 1. The summed E-state index contributed by atoms with van der Waals surface area (Å²) >= 11 is 0. The van der Waals surface area contributed by atoms with Crippen LogP contribution in [0.4, 0.5) is 0 Å². The summed E-state index contributed by atoms with van der Waals surface area (Å²) in [6.07, 6.45) is -0.514. The van der Waals surface area contributed by atoms with E-state index in [2.05, 4.69) is 0 Å². The highest BCUT2D eigenvalue weighted by molar-refractivity contribution is 5.92. The third-order valence-electron chi connectivity index (χ3n) is 2.61. The van der Waals surface area contributed by atoms with Gasteiger partial charge in [0.05, 0.1) is 13.7 Å². The molecular weight excluding hydrogens is 264 g/mol. The molecule has 0 bridgehead atoms. The average Bonchev–Trinajstić information content (AvgIpc) is 2.44. The first-order valence-electron chi connectivity index (χ1n) is 6.28. The maximum atomic E-state index is 11.7. The van der Waals surface area contributed by atoms with Gasteiger partial charge in [-0.3, -0.25) is 0 Å². The van der Waals surface area contributed by atoms with Crippen molar-refractivity contribution in [1.29, 1.82) is 0 Å². The van der Waals surface area contributed by atoms with Gasteiger partial charge in [0.1, 0.15) is 5.56 Å². The van der Waals surface area contributed by atoms with Gasteiger partial charge in [-0.15, -0.1) is 0 Å². The lowest BCUT2D eigenvalue weighted by Gasteiger charge is -2.19. The highest BCUT2D eigenvalue weighted by atomic mass is 16.6. The summed E-state index contributed by atoms with van der Waals surface area (Å²) in [7, 11) is 1.40. The number of aromatic carboxylic acids is 1. The smallest absolute Gasteiger partial charge is 0.347 e. The molecule has 0 heterocycles. The third-order valence-corrected chi connectivity index (χ3v) is 2.61. The van der Waals surface area contributed by atoms with Gasteiger partial charge in [0.2, 0.25) is 0 Å². The van der Waals surface area contributed by atoms with Gasteiger partial charge in [0.25, 0.3) is 0 Å². The standard InChI is InChI=1S/C14H18O6/c1-4-10(14(17)19-5-2)20-12-9(13(15)16)7-6-8-11(12)18-3/h6-8,10H,4-5H2,1-3H3,(H,15,16). The van der Waals surface area contributed by atoms with E-state index >= 15 is 0 Å². The summed E-state index contributed by atoms with van der Waals surface area (Å²) in [6, 6.07) is 4.50. The lowest BCUT2D eigenvalue weighted by atomic mass is 10.1. The van der Waals surface area contributed by atoms with Crippen molar-refractivity contribution in [2.75, 3.05) is 13.7 Å². The van der Waals surface area contributed by atoms with E-state index in [-0.39, 0.29) is 23.7 Å². The van der Waals surface area contributed by atoms with Crippen molar-refractivity contribution in [1.82, 2.24) is 0 Å². The van der Waals surface area contributed by atoms with Crippen LogP contribution in [0.3, 0.4) is 0 Å². The second-order valence-electron chi connectivity index (χ2n) is 3.91. The van der Waals surface area contributed by atoms with Crippen LogP contribution in [0.1, 0.15) is 30.6 Å². The molecular formula is C14H18O6. The summed E-state index contributed by atoms with van der Waals surface area (Å²) < 4.78 is 15.5. The zero-order chi connectivity index (χ0) is 15.1. The van der Waals surface area contributed by atoms with Gasteiger partial charge in [0, 0.05) is 0 Å². The van der Waals surface area contributed by atoms with E-state index in [4.69, 9.17) is 19.3 Å². The van der Waals surface area contributed by atoms with Crippen molar-refractivity contribution in [3.8, 4) is 11.5 Å². The number of hydrogen-bond donors (Lipinski definition) is 1. The number of benzene rings is 1. The number of ether oxygens (including phenoxy) is 3. The Bertz CT molecular complexity index is 483. The maximum Gasteiger partial charge on any atom is 0.347 e. The number of carbonyl (C=O) groups is 2. The van der Waals surface area contributed by atoms with Crippen molar-refractivity contribution in [3.05, 3.63) is 23.8 Å². The van der Waals surface area contributed by atoms with Gasteiger partial charge in [-0.25, -0.2) is 9.59 Å². The molecule has 0 aliphatic rings. The van der Waals surface area contributed by atoms with Crippen molar-refractivity contribution in [2.24, 2.45) is 0 Å². The molecule has 1 aromatic rings. The lowest BCUT2D eigenvalue weighted by Crippen LogP contribution is -2.29. The molecule has 110 valence electrons. The largest absolute Gasteiger partial charge is 0.493 e. The van der Waals surface area contributed by atoms with Gasteiger partial charge in [-0.2, -0.15) is 0 Å². The number of rotatable bonds is 7. The predicted octanol–water partition coefficient (Wildman–Crippen LogP) is 2.11. The first-order chi connectivity index (χ1) is 9.54. The second-order valence-corrected chi connectivity index (χ2v) is 3.91. The molecule has 0 spiro atoms. The van der Waals surface area contributed by atoms with E-state index in [9.17, 15) is 9.59 Å². The fourth-order valence-electron chi connectivity index (χ4n) is 1.64.